The van der Waals surface area contributed by atoms with E-state index in [1.54, 1.807) is 0 Å². The van der Waals surface area contributed by atoms with Crippen molar-refractivity contribution in [2.75, 3.05) is 11.1 Å². The van der Waals surface area contributed by atoms with Crippen LogP contribution >= 0.6 is 58.2 Å². The van der Waals surface area contributed by atoms with Crippen LogP contribution in [0, 0.1) is 13.8 Å². The summed E-state index contributed by atoms with van der Waals surface area (Å²) in [5.74, 6) is 1.23. The Balaban J connectivity index is 1.62. The molecule has 0 unspecified atom stereocenters. The third-order valence-electron chi connectivity index (χ3n) is 4.50. The molecule has 0 spiro atoms. The molecule has 6 nitrogen and oxygen atoms in total. The Labute approximate surface area is 210 Å². The van der Waals surface area contributed by atoms with Gasteiger partial charge in [-0.05, 0) is 56.2 Å². The third-order valence-corrected chi connectivity index (χ3v) is 7.10. The highest BCUT2D eigenvalue weighted by Gasteiger charge is 2.15. The smallest absolute Gasteiger partial charge is 0.234 e. The molecule has 1 heterocycles. The summed E-state index contributed by atoms with van der Waals surface area (Å²) in [4.78, 5) is 12.4. The van der Waals surface area contributed by atoms with E-state index < -0.39 is 0 Å². The fourth-order valence-corrected chi connectivity index (χ4v) is 4.45. The number of thioether (sulfide) groups is 1. The number of hydrogen-bond acceptors (Lipinski definition) is 5. The molecule has 1 N–H and O–H groups in total. The lowest BCUT2D eigenvalue weighted by atomic mass is 10.1. The average Bonchev–Trinajstić information content (AvgIpc) is 3.14. The predicted octanol–water partition coefficient (Wildman–Crippen LogP) is 6.84. The molecule has 0 aliphatic carbocycles. The average molecular weight is 534 g/mol. The first-order chi connectivity index (χ1) is 15.2. The number of anilines is 1. The molecule has 0 bridgehead atoms. The van der Waals surface area contributed by atoms with E-state index in [9.17, 15) is 4.79 Å². The van der Waals surface area contributed by atoms with E-state index in [-0.39, 0.29) is 18.3 Å². The summed E-state index contributed by atoms with van der Waals surface area (Å²) >= 11 is 25.5. The van der Waals surface area contributed by atoms with Crippen LogP contribution in [0.3, 0.4) is 0 Å². The molecule has 1 aromatic heterocycles. The molecule has 0 saturated carbocycles. The minimum Gasteiger partial charge on any atom is -0.486 e. The van der Waals surface area contributed by atoms with Gasteiger partial charge in [0.2, 0.25) is 5.91 Å². The largest absolute Gasteiger partial charge is 0.486 e. The zero-order chi connectivity index (χ0) is 23.4. The Hall–Kier alpha value is -1.64. The number of rotatable bonds is 8. The Morgan fingerprint density at radius 1 is 1.03 bits per heavy atom. The van der Waals surface area contributed by atoms with Crippen LogP contribution in [-0.2, 0) is 17.9 Å². The summed E-state index contributed by atoms with van der Waals surface area (Å²) < 4.78 is 7.80. The molecule has 3 aromatic rings. The van der Waals surface area contributed by atoms with Crippen LogP contribution in [0.25, 0.3) is 0 Å². The number of carbonyl (C=O) groups excluding carboxylic acids is 1. The zero-order valence-corrected chi connectivity index (χ0v) is 21.3. The normalized spacial score (nSPS) is 11.0. The Kier molecular flexibility index (Phi) is 8.58. The lowest BCUT2D eigenvalue weighted by Crippen LogP contribution is -2.15. The molecule has 0 radical (unpaired) electrons. The molecule has 0 aliphatic heterocycles. The van der Waals surface area contributed by atoms with Gasteiger partial charge in [0.25, 0.3) is 0 Å². The number of benzene rings is 2. The fourth-order valence-electron chi connectivity index (χ4n) is 2.92. The van der Waals surface area contributed by atoms with Gasteiger partial charge in [-0.1, -0.05) is 58.2 Å². The van der Waals surface area contributed by atoms with Gasteiger partial charge in [-0.2, -0.15) is 0 Å². The minimum absolute atomic E-state index is 0.116. The van der Waals surface area contributed by atoms with Crippen molar-refractivity contribution < 1.29 is 9.53 Å². The summed E-state index contributed by atoms with van der Waals surface area (Å²) in [5, 5.41) is 13.4. The molecule has 32 heavy (non-hydrogen) atoms. The van der Waals surface area contributed by atoms with Crippen LogP contribution < -0.4 is 10.1 Å². The van der Waals surface area contributed by atoms with Gasteiger partial charge in [-0.3, -0.25) is 4.79 Å². The van der Waals surface area contributed by atoms with Gasteiger partial charge in [0.15, 0.2) is 11.0 Å². The summed E-state index contributed by atoms with van der Waals surface area (Å²) in [5.41, 5.74) is 2.29. The minimum atomic E-state index is -0.258. The lowest BCUT2D eigenvalue weighted by molar-refractivity contribution is -0.113. The van der Waals surface area contributed by atoms with Crippen molar-refractivity contribution in [3.8, 4) is 5.75 Å². The molecule has 11 heteroatoms. The maximum atomic E-state index is 12.4. The van der Waals surface area contributed by atoms with E-state index in [0.717, 1.165) is 16.1 Å². The number of aryl methyl sites for hydroxylation is 2. The van der Waals surface area contributed by atoms with Gasteiger partial charge in [0.1, 0.15) is 12.4 Å². The van der Waals surface area contributed by atoms with Crippen LogP contribution in [0.1, 0.15) is 23.9 Å². The highest BCUT2D eigenvalue weighted by Crippen LogP contribution is 2.32. The Bertz CT molecular complexity index is 1130. The second-order valence-electron chi connectivity index (χ2n) is 6.89. The van der Waals surface area contributed by atoms with Gasteiger partial charge in [0.05, 0.1) is 26.5 Å². The molecular formula is C21H20Cl4N4O2S. The van der Waals surface area contributed by atoms with Gasteiger partial charge in [-0.15, -0.1) is 10.2 Å². The van der Waals surface area contributed by atoms with Crippen molar-refractivity contribution >= 4 is 69.8 Å². The summed E-state index contributed by atoms with van der Waals surface area (Å²) in [6.45, 7) is 6.71. The number of nitrogens with zero attached hydrogens (tertiary/aromatic N) is 3. The SMILES string of the molecule is CCn1c(COc2cc(C)c(Cl)c(C)c2)nnc1SCC(=O)Nc1cc(Cl)c(Cl)cc1Cl. The van der Waals surface area contributed by atoms with E-state index in [0.29, 0.717) is 44.0 Å². The van der Waals surface area contributed by atoms with E-state index >= 15 is 0 Å². The maximum Gasteiger partial charge on any atom is 0.234 e. The second kappa shape index (κ2) is 11.0. The summed E-state index contributed by atoms with van der Waals surface area (Å²) in [6.07, 6.45) is 0. The number of aromatic nitrogens is 3. The van der Waals surface area contributed by atoms with Crippen molar-refractivity contribution in [1.29, 1.82) is 0 Å². The van der Waals surface area contributed by atoms with E-state index in [1.807, 2.05) is 37.5 Å². The number of hydrogen-bond donors (Lipinski definition) is 1. The van der Waals surface area contributed by atoms with Crippen molar-refractivity contribution in [2.24, 2.45) is 0 Å². The van der Waals surface area contributed by atoms with Gasteiger partial charge < -0.3 is 14.6 Å². The van der Waals surface area contributed by atoms with E-state index in [1.165, 1.54) is 23.9 Å². The van der Waals surface area contributed by atoms with Gasteiger partial charge in [-0.25, -0.2) is 0 Å². The van der Waals surface area contributed by atoms with Gasteiger partial charge >= 0.3 is 0 Å². The number of ether oxygens (including phenoxy) is 1. The third kappa shape index (κ3) is 6.02. The highest BCUT2D eigenvalue weighted by atomic mass is 35.5. The quantitative estimate of drug-likeness (QED) is 0.253. The first-order valence-corrected chi connectivity index (χ1v) is 12.1. The first kappa shape index (κ1) is 25.0. The molecule has 2 aromatic carbocycles. The Morgan fingerprint density at radius 2 is 1.69 bits per heavy atom. The zero-order valence-electron chi connectivity index (χ0n) is 17.5. The lowest BCUT2D eigenvalue weighted by Gasteiger charge is -2.11. The standard InChI is InChI=1S/C21H20Cl4N4O2S/c1-4-29-18(9-31-13-5-11(2)20(25)12(3)6-13)27-28-21(29)32-10-19(30)26-17-8-15(23)14(22)7-16(17)24/h5-8H,4,9-10H2,1-3H3,(H,26,30). The molecule has 1 amide bonds. The first-order valence-electron chi connectivity index (χ1n) is 9.58. The van der Waals surface area contributed by atoms with Crippen molar-refractivity contribution in [1.82, 2.24) is 14.8 Å². The monoisotopic (exact) mass is 532 g/mol. The topological polar surface area (TPSA) is 69.0 Å². The summed E-state index contributed by atoms with van der Waals surface area (Å²) in [6, 6.07) is 6.77. The number of amides is 1. The van der Waals surface area contributed by atoms with Gasteiger partial charge in [0, 0.05) is 11.6 Å². The molecule has 0 fully saturated rings. The number of nitrogens with one attached hydrogen (secondary N) is 1. The number of halogens is 4. The molecule has 170 valence electrons. The van der Waals surface area contributed by atoms with Crippen LogP contribution in [0.4, 0.5) is 5.69 Å². The van der Waals surface area contributed by atoms with E-state index in [2.05, 4.69) is 15.5 Å². The van der Waals surface area contributed by atoms with Crippen molar-refractivity contribution in [3.63, 3.8) is 0 Å². The Morgan fingerprint density at radius 3 is 2.34 bits per heavy atom. The molecule has 0 atom stereocenters. The predicted molar refractivity (Wildman–Crippen MR) is 132 cm³/mol. The van der Waals surface area contributed by atoms with E-state index in [4.69, 9.17) is 51.1 Å². The maximum absolute atomic E-state index is 12.4. The van der Waals surface area contributed by atoms with Crippen molar-refractivity contribution in [3.05, 3.63) is 61.3 Å². The van der Waals surface area contributed by atoms with Crippen LogP contribution in [0.5, 0.6) is 5.75 Å². The van der Waals surface area contributed by atoms with Crippen LogP contribution in [-0.4, -0.2) is 26.4 Å². The molecule has 3 rings (SSSR count). The summed E-state index contributed by atoms with van der Waals surface area (Å²) in [7, 11) is 0. The van der Waals surface area contributed by atoms with Crippen LogP contribution in [0.15, 0.2) is 29.4 Å². The fraction of sp³-hybridized carbons (Fsp3) is 0.286. The number of carbonyl (C=O) groups is 1. The second-order valence-corrected chi connectivity index (χ2v) is 9.43. The van der Waals surface area contributed by atoms with Crippen molar-refractivity contribution in [2.45, 2.75) is 39.1 Å². The molecular weight excluding hydrogens is 514 g/mol. The van der Waals surface area contributed by atoms with Crippen LogP contribution in [0.2, 0.25) is 20.1 Å². The molecule has 0 saturated heterocycles. The molecule has 0 aliphatic rings. The highest BCUT2D eigenvalue weighted by molar-refractivity contribution is 7.99.